The van der Waals surface area contributed by atoms with E-state index in [-0.39, 0.29) is 17.8 Å². The number of fused-ring (bicyclic) bond motifs is 1. The number of hydrogen-bond donors (Lipinski definition) is 0. The van der Waals surface area contributed by atoms with E-state index < -0.39 is 11.7 Å². The van der Waals surface area contributed by atoms with Crippen molar-refractivity contribution in [1.82, 2.24) is 9.55 Å². The highest BCUT2D eigenvalue weighted by Gasteiger charge is 2.26. The first kappa shape index (κ1) is 27.4. The van der Waals surface area contributed by atoms with Crippen molar-refractivity contribution in [3.63, 3.8) is 0 Å². The molecular formula is C32H38FN3O2. The van der Waals surface area contributed by atoms with Crippen LogP contribution in [0.2, 0.25) is 0 Å². The van der Waals surface area contributed by atoms with Crippen LogP contribution in [-0.2, 0) is 23.2 Å². The summed E-state index contributed by atoms with van der Waals surface area (Å²) in [5.41, 5.74) is 6.51. The molecule has 0 aliphatic rings. The van der Waals surface area contributed by atoms with Crippen molar-refractivity contribution in [3.05, 3.63) is 94.7 Å². The Labute approximate surface area is 225 Å². The number of aryl methyl sites for hydroxylation is 1. The topological polar surface area (TPSA) is 47.4 Å². The lowest BCUT2D eigenvalue weighted by Gasteiger charge is -2.27. The molecule has 2 heterocycles. The minimum Gasteiger partial charge on any atom is -0.443 e. The maximum atomic E-state index is 13.7. The molecule has 0 aliphatic carbocycles. The molecule has 0 spiro atoms. The third kappa shape index (κ3) is 5.90. The molecule has 200 valence electrons. The van der Waals surface area contributed by atoms with E-state index in [1.165, 1.54) is 33.7 Å². The molecule has 0 saturated heterocycles. The summed E-state index contributed by atoms with van der Waals surface area (Å²) >= 11 is 0. The fourth-order valence-corrected chi connectivity index (χ4v) is 4.62. The summed E-state index contributed by atoms with van der Waals surface area (Å²) in [4.78, 5) is 19.6. The molecule has 2 aromatic carbocycles. The molecular weight excluding hydrogens is 477 g/mol. The molecule has 0 aliphatic heterocycles. The Kier molecular flexibility index (Phi) is 7.37. The molecule has 6 heteroatoms. The number of carbonyl (C=O) groups is 1. The van der Waals surface area contributed by atoms with Gasteiger partial charge in [-0.05, 0) is 87.1 Å². The zero-order valence-corrected chi connectivity index (χ0v) is 23.7. The zero-order chi connectivity index (χ0) is 27.8. The molecule has 0 radical (unpaired) electrons. The first-order valence-electron chi connectivity index (χ1n) is 13.0. The van der Waals surface area contributed by atoms with Gasteiger partial charge in [-0.3, -0.25) is 9.88 Å². The normalized spacial score (nSPS) is 12.1. The summed E-state index contributed by atoms with van der Waals surface area (Å²) in [6, 6.07) is 16.7. The number of aromatic nitrogens is 2. The van der Waals surface area contributed by atoms with Gasteiger partial charge in [0.2, 0.25) is 0 Å². The highest BCUT2D eigenvalue weighted by molar-refractivity contribution is 5.91. The largest absolute Gasteiger partial charge is 0.443 e. The van der Waals surface area contributed by atoms with Crippen LogP contribution in [0.25, 0.3) is 10.9 Å². The van der Waals surface area contributed by atoms with Gasteiger partial charge in [0.05, 0.1) is 17.8 Å². The molecule has 0 saturated carbocycles. The molecule has 0 atom stereocenters. The third-order valence-electron chi connectivity index (χ3n) is 6.84. The van der Waals surface area contributed by atoms with Crippen LogP contribution in [0.15, 0.2) is 60.8 Å². The second-order valence-corrected chi connectivity index (χ2v) is 11.9. The fourth-order valence-electron chi connectivity index (χ4n) is 4.62. The lowest BCUT2D eigenvalue weighted by atomic mass is 9.87. The highest BCUT2D eigenvalue weighted by atomic mass is 19.1. The quantitative estimate of drug-likeness (QED) is 0.270. The Bertz CT molecular complexity index is 1440. The van der Waals surface area contributed by atoms with Gasteiger partial charge >= 0.3 is 6.09 Å². The molecule has 4 rings (SSSR count). The summed E-state index contributed by atoms with van der Waals surface area (Å²) in [5.74, 6) is -0.365. The van der Waals surface area contributed by atoms with Crippen LogP contribution in [0.5, 0.6) is 0 Å². The van der Waals surface area contributed by atoms with E-state index in [0.29, 0.717) is 12.2 Å². The van der Waals surface area contributed by atoms with Crippen molar-refractivity contribution >= 4 is 22.7 Å². The number of rotatable bonds is 5. The van der Waals surface area contributed by atoms with Crippen LogP contribution in [0, 0.1) is 19.7 Å². The summed E-state index contributed by atoms with van der Waals surface area (Å²) < 4.78 is 21.7. The van der Waals surface area contributed by atoms with Crippen molar-refractivity contribution in [1.29, 1.82) is 0 Å². The second kappa shape index (κ2) is 10.2. The summed E-state index contributed by atoms with van der Waals surface area (Å²) in [7, 11) is 0. The smallest absolute Gasteiger partial charge is 0.415 e. The minimum absolute atomic E-state index is 0.0910. The van der Waals surface area contributed by atoms with Gasteiger partial charge in [0.1, 0.15) is 11.4 Å². The molecule has 0 bridgehead atoms. The zero-order valence-electron chi connectivity index (χ0n) is 23.7. The van der Waals surface area contributed by atoms with Gasteiger partial charge in [-0.25, -0.2) is 9.18 Å². The van der Waals surface area contributed by atoms with Gasteiger partial charge in [0, 0.05) is 29.5 Å². The summed E-state index contributed by atoms with van der Waals surface area (Å²) in [5, 5.41) is 1.10. The van der Waals surface area contributed by atoms with Gasteiger partial charge in [0.15, 0.2) is 0 Å². The van der Waals surface area contributed by atoms with E-state index in [2.05, 4.69) is 63.5 Å². The Hall–Kier alpha value is -3.67. The van der Waals surface area contributed by atoms with E-state index in [9.17, 15) is 9.18 Å². The number of amides is 1. The van der Waals surface area contributed by atoms with Crippen LogP contribution >= 0.6 is 0 Å². The van der Waals surface area contributed by atoms with Crippen LogP contribution in [0.4, 0.5) is 14.9 Å². The number of benzene rings is 2. The number of carbonyl (C=O) groups excluding carboxylic acids is 1. The number of halogens is 1. The number of nitrogens with zero attached hydrogens (tertiary/aromatic N) is 3. The maximum Gasteiger partial charge on any atom is 0.415 e. The minimum atomic E-state index is -0.679. The van der Waals surface area contributed by atoms with E-state index in [1.54, 1.807) is 18.3 Å². The Morgan fingerprint density at radius 2 is 1.58 bits per heavy atom. The van der Waals surface area contributed by atoms with Gasteiger partial charge in [-0.15, -0.1) is 0 Å². The van der Waals surface area contributed by atoms with Gasteiger partial charge in [0.25, 0.3) is 0 Å². The molecule has 1 amide bonds. The SMILES string of the molecule is Cc1c(C)n(Cc2ccc(C(C)(C)C)cc2)c2c(CN(C(=O)OC(C)(C)C)c3ccc(F)cc3)nccc12. The van der Waals surface area contributed by atoms with Gasteiger partial charge in [-0.1, -0.05) is 45.0 Å². The summed E-state index contributed by atoms with van der Waals surface area (Å²) in [6.07, 6.45) is 1.28. The lowest BCUT2D eigenvalue weighted by Crippen LogP contribution is -2.36. The van der Waals surface area contributed by atoms with Gasteiger partial charge < -0.3 is 9.30 Å². The predicted molar refractivity (Wildman–Crippen MR) is 152 cm³/mol. The molecule has 5 nitrogen and oxygen atoms in total. The standard InChI is InChI=1S/C32H38FN3O2/c1-21-22(2)35(19-23-9-11-24(12-10-23)31(3,4)5)29-27(21)17-18-34-28(29)20-36(30(37)38-32(6,7)8)26-15-13-25(33)14-16-26/h9-18H,19-20H2,1-8H3. The van der Waals surface area contributed by atoms with Crippen molar-refractivity contribution in [2.45, 2.75) is 79.5 Å². The first-order valence-corrected chi connectivity index (χ1v) is 13.0. The Morgan fingerprint density at radius 1 is 0.947 bits per heavy atom. The average molecular weight is 516 g/mol. The van der Waals surface area contributed by atoms with E-state index in [4.69, 9.17) is 9.72 Å². The molecule has 2 aromatic heterocycles. The van der Waals surface area contributed by atoms with Crippen LogP contribution < -0.4 is 4.90 Å². The Balaban J connectivity index is 1.78. The van der Waals surface area contributed by atoms with Crippen molar-refractivity contribution in [3.8, 4) is 0 Å². The highest BCUT2D eigenvalue weighted by Crippen LogP contribution is 2.31. The van der Waals surface area contributed by atoms with Crippen molar-refractivity contribution in [2.24, 2.45) is 0 Å². The van der Waals surface area contributed by atoms with Crippen LogP contribution in [0.3, 0.4) is 0 Å². The molecule has 0 fully saturated rings. The number of anilines is 1. The molecule has 38 heavy (non-hydrogen) atoms. The molecule has 0 N–H and O–H groups in total. The third-order valence-corrected chi connectivity index (χ3v) is 6.84. The van der Waals surface area contributed by atoms with Gasteiger partial charge in [-0.2, -0.15) is 0 Å². The van der Waals surface area contributed by atoms with Crippen molar-refractivity contribution < 1.29 is 13.9 Å². The Morgan fingerprint density at radius 3 is 2.16 bits per heavy atom. The van der Waals surface area contributed by atoms with Crippen LogP contribution in [-0.4, -0.2) is 21.2 Å². The first-order chi connectivity index (χ1) is 17.7. The van der Waals surface area contributed by atoms with E-state index in [0.717, 1.165) is 22.3 Å². The number of ether oxygens (including phenoxy) is 1. The van der Waals surface area contributed by atoms with Crippen molar-refractivity contribution in [2.75, 3.05) is 4.90 Å². The molecule has 4 aromatic rings. The van der Waals surface area contributed by atoms with Crippen LogP contribution in [0.1, 0.15) is 69.6 Å². The second-order valence-electron chi connectivity index (χ2n) is 11.9. The van der Waals surface area contributed by atoms with E-state index in [1.807, 2.05) is 26.8 Å². The van der Waals surface area contributed by atoms with E-state index >= 15 is 0 Å². The average Bonchev–Trinajstić information content (AvgIpc) is 3.07. The summed E-state index contributed by atoms with van der Waals surface area (Å²) in [6.45, 7) is 17.2. The maximum absolute atomic E-state index is 13.7. The number of hydrogen-bond acceptors (Lipinski definition) is 3. The molecule has 0 unspecified atom stereocenters. The predicted octanol–water partition coefficient (Wildman–Crippen LogP) is 8.08. The monoisotopic (exact) mass is 515 g/mol. The number of pyridine rings is 1. The lowest BCUT2D eigenvalue weighted by molar-refractivity contribution is 0.0577. The fraction of sp³-hybridized carbons (Fsp3) is 0.375.